The highest BCUT2D eigenvalue weighted by Crippen LogP contribution is 2.10. The first kappa shape index (κ1) is 12.9. The van der Waals surface area contributed by atoms with E-state index < -0.39 is 5.97 Å². The van der Waals surface area contributed by atoms with Crippen molar-refractivity contribution < 1.29 is 9.90 Å². The summed E-state index contributed by atoms with van der Waals surface area (Å²) in [5.74, 6) is 1.44. The van der Waals surface area contributed by atoms with E-state index in [1.807, 2.05) is 11.8 Å². The lowest BCUT2D eigenvalue weighted by Gasteiger charge is -2.06. The lowest BCUT2D eigenvalue weighted by atomic mass is 10.2. The van der Waals surface area contributed by atoms with Gasteiger partial charge in [-0.2, -0.15) is 11.8 Å². The highest BCUT2D eigenvalue weighted by molar-refractivity contribution is 7.99. The van der Waals surface area contributed by atoms with Crippen LogP contribution in [0.25, 0.3) is 0 Å². The fraction of sp³-hybridized carbons (Fsp3) is 0.417. The van der Waals surface area contributed by atoms with Crippen LogP contribution >= 0.6 is 11.8 Å². The maximum absolute atomic E-state index is 10.6. The van der Waals surface area contributed by atoms with Gasteiger partial charge in [-0.05, 0) is 42.2 Å². The minimum absolute atomic E-state index is 0.326. The van der Waals surface area contributed by atoms with Crippen molar-refractivity contribution in [2.75, 3.05) is 23.4 Å². The lowest BCUT2D eigenvalue weighted by Crippen LogP contribution is -2.03. The summed E-state index contributed by atoms with van der Waals surface area (Å²) in [4.78, 5) is 10.6. The van der Waals surface area contributed by atoms with Crippen LogP contribution in [0, 0.1) is 0 Å². The van der Waals surface area contributed by atoms with Gasteiger partial charge >= 0.3 is 5.97 Å². The molecule has 4 heteroatoms. The van der Waals surface area contributed by atoms with Gasteiger partial charge in [0.15, 0.2) is 0 Å². The molecule has 1 aromatic carbocycles. The highest BCUT2D eigenvalue weighted by atomic mass is 32.2. The van der Waals surface area contributed by atoms with E-state index in [2.05, 4.69) is 12.2 Å². The minimum Gasteiger partial charge on any atom is -0.478 e. The van der Waals surface area contributed by atoms with Crippen molar-refractivity contribution >= 4 is 23.4 Å². The molecule has 0 aliphatic rings. The fourth-order valence-electron chi connectivity index (χ4n) is 1.28. The Morgan fingerprint density at radius 2 is 2.06 bits per heavy atom. The van der Waals surface area contributed by atoms with Gasteiger partial charge in [-0.25, -0.2) is 4.79 Å². The summed E-state index contributed by atoms with van der Waals surface area (Å²) in [5.41, 5.74) is 1.30. The number of aromatic carboxylic acids is 1. The molecule has 16 heavy (non-hydrogen) atoms. The number of anilines is 1. The van der Waals surface area contributed by atoms with Gasteiger partial charge in [0, 0.05) is 12.2 Å². The van der Waals surface area contributed by atoms with Crippen LogP contribution in [-0.4, -0.2) is 29.1 Å². The molecule has 0 saturated carbocycles. The third-order valence-corrected chi connectivity index (χ3v) is 3.12. The SMILES string of the molecule is CCSCCCNc1ccc(C(=O)O)cc1. The van der Waals surface area contributed by atoms with E-state index in [0.29, 0.717) is 5.56 Å². The molecule has 1 rings (SSSR count). The first-order chi connectivity index (χ1) is 7.74. The van der Waals surface area contributed by atoms with Crippen molar-refractivity contribution in [2.24, 2.45) is 0 Å². The molecule has 0 amide bonds. The summed E-state index contributed by atoms with van der Waals surface area (Å²) >= 11 is 1.93. The summed E-state index contributed by atoms with van der Waals surface area (Å²) in [7, 11) is 0. The maximum Gasteiger partial charge on any atom is 0.335 e. The second-order valence-electron chi connectivity index (χ2n) is 3.36. The van der Waals surface area contributed by atoms with E-state index >= 15 is 0 Å². The third-order valence-electron chi connectivity index (χ3n) is 2.13. The normalized spacial score (nSPS) is 10.1. The second kappa shape index (κ2) is 7.17. The van der Waals surface area contributed by atoms with Crippen molar-refractivity contribution in [3.8, 4) is 0 Å². The molecule has 0 fully saturated rings. The van der Waals surface area contributed by atoms with E-state index in [9.17, 15) is 4.79 Å². The molecular formula is C12H17NO2S. The van der Waals surface area contributed by atoms with Gasteiger partial charge in [0.1, 0.15) is 0 Å². The largest absolute Gasteiger partial charge is 0.478 e. The molecule has 3 nitrogen and oxygen atoms in total. The molecule has 0 aromatic heterocycles. The van der Waals surface area contributed by atoms with Crippen LogP contribution in [0.1, 0.15) is 23.7 Å². The summed E-state index contributed by atoms with van der Waals surface area (Å²) in [6.45, 7) is 3.09. The topological polar surface area (TPSA) is 49.3 Å². The Kier molecular flexibility index (Phi) is 5.78. The van der Waals surface area contributed by atoms with Crippen LogP contribution in [0.2, 0.25) is 0 Å². The van der Waals surface area contributed by atoms with E-state index in [4.69, 9.17) is 5.11 Å². The van der Waals surface area contributed by atoms with Crippen LogP contribution in [0.3, 0.4) is 0 Å². The molecule has 2 N–H and O–H groups in total. The smallest absolute Gasteiger partial charge is 0.335 e. The zero-order valence-electron chi connectivity index (χ0n) is 9.40. The zero-order chi connectivity index (χ0) is 11.8. The van der Waals surface area contributed by atoms with Gasteiger partial charge in [0.05, 0.1) is 5.56 Å². The van der Waals surface area contributed by atoms with Gasteiger partial charge in [0.2, 0.25) is 0 Å². The number of benzene rings is 1. The van der Waals surface area contributed by atoms with Gasteiger partial charge in [0.25, 0.3) is 0 Å². The number of hydrogen-bond acceptors (Lipinski definition) is 3. The van der Waals surface area contributed by atoms with Gasteiger partial charge in [-0.3, -0.25) is 0 Å². The van der Waals surface area contributed by atoms with Crippen molar-refractivity contribution in [2.45, 2.75) is 13.3 Å². The van der Waals surface area contributed by atoms with Crippen LogP contribution in [0.15, 0.2) is 24.3 Å². The average molecular weight is 239 g/mol. The maximum atomic E-state index is 10.6. The zero-order valence-corrected chi connectivity index (χ0v) is 10.2. The van der Waals surface area contributed by atoms with E-state index in [1.165, 1.54) is 0 Å². The number of carboxylic acid groups (broad SMARTS) is 1. The molecule has 0 heterocycles. The fourth-order valence-corrected chi connectivity index (χ4v) is 1.92. The van der Waals surface area contributed by atoms with Crippen LogP contribution in [-0.2, 0) is 0 Å². The second-order valence-corrected chi connectivity index (χ2v) is 4.75. The average Bonchev–Trinajstić information content (AvgIpc) is 2.29. The number of carboxylic acids is 1. The molecule has 88 valence electrons. The third kappa shape index (κ3) is 4.57. The molecule has 0 spiro atoms. The van der Waals surface area contributed by atoms with Crippen molar-refractivity contribution in [1.82, 2.24) is 0 Å². The van der Waals surface area contributed by atoms with Crippen LogP contribution in [0.5, 0.6) is 0 Å². The summed E-state index contributed by atoms with van der Waals surface area (Å²) < 4.78 is 0. The Morgan fingerprint density at radius 3 is 2.62 bits per heavy atom. The molecule has 0 saturated heterocycles. The van der Waals surface area contributed by atoms with Crippen LogP contribution in [0.4, 0.5) is 5.69 Å². The van der Waals surface area contributed by atoms with E-state index in [0.717, 1.165) is 30.2 Å². The number of thioether (sulfide) groups is 1. The summed E-state index contributed by atoms with van der Waals surface area (Å²) in [5, 5.41) is 12.0. The quantitative estimate of drug-likeness (QED) is 0.718. The van der Waals surface area contributed by atoms with E-state index in [-0.39, 0.29) is 0 Å². The minimum atomic E-state index is -0.883. The number of rotatable bonds is 7. The molecule has 0 bridgehead atoms. The molecule has 0 atom stereocenters. The number of carbonyl (C=O) groups is 1. The van der Waals surface area contributed by atoms with Crippen molar-refractivity contribution in [3.63, 3.8) is 0 Å². The highest BCUT2D eigenvalue weighted by Gasteiger charge is 2.00. The predicted octanol–water partition coefficient (Wildman–Crippen LogP) is 2.94. The Bertz CT molecular complexity index is 324. The standard InChI is InChI=1S/C12H17NO2S/c1-2-16-9-3-8-13-11-6-4-10(5-7-11)12(14)15/h4-7,13H,2-3,8-9H2,1H3,(H,14,15). The molecule has 0 radical (unpaired) electrons. The Balaban J connectivity index is 2.29. The number of nitrogens with one attached hydrogen (secondary N) is 1. The monoisotopic (exact) mass is 239 g/mol. The molecule has 0 aliphatic carbocycles. The molecule has 0 aliphatic heterocycles. The van der Waals surface area contributed by atoms with Gasteiger partial charge in [-0.15, -0.1) is 0 Å². The first-order valence-corrected chi connectivity index (χ1v) is 6.54. The number of hydrogen-bond donors (Lipinski definition) is 2. The van der Waals surface area contributed by atoms with Gasteiger partial charge < -0.3 is 10.4 Å². The van der Waals surface area contributed by atoms with Crippen LogP contribution < -0.4 is 5.32 Å². The van der Waals surface area contributed by atoms with Gasteiger partial charge in [-0.1, -0.05) is 6.92 Å². The Hall–Kier alpha value is -1.16. The summed E-state index contributed by atoms with van der Waals surface area (Å²) in [6, 6.07) is 6.84. The Labute approximate surface area is 100 Å². The lowest BCUT2D eigenvalue weighted by molar-refractivity contribution is 0.0697. The predicted molar refractivity (Wildman–Crippen MR) is 69.5 cm³/mol. The van der Waals surface area contributed by atoms with E-state index in [1.54, 1.807) is 24.3 Å². The molecule has 1 aromatic rings. The first-order valence-electron chi connectivity index (χ1n) is 5.39. The summed E-state index contributed by atoms with van der Waals surface area (Å²) in [6.07, 6.45) is 1.12. The molecule has 0 unspecified atom stereocenters. The van der Waals surface area contributed by atoms with Crippen molar-refractivity contribution in [1.29, 1.82) is 0 Å². The Morgan fingerprint density at radius 1 is 1.38 bits per heavy atom. The molecular weight excluding hydrogens is 222 g/mol. The van der Waals surface area contributed by atoms with Crippen molar-refractivity contribution in [3.05, 3.63) is 29.8 Å².